The van der Waals surface area contributed by atoms with Gasteiger partial charge in [-0.3, -0.25) is 4.31 Å². The van der Waals surface area contributed by atoms with Crippen LogP contribution < -0.4 is 0 Å². The number of hydrogen-bond acceptors (Lipinski definition) is 3. The second-order valence-corrected chi connectivity index (χ2v) is 3.14. The molecule has 1 aliphatic rings. The van der Waals surface area contributed by atoms with Gasteiger partial charge in [-0.15, -0.1) is 0 Å². The molecule has 0 atom stereocenters. The van der Waals surface area contributed by atoms with Gasteiger partial charge in [0.15, 0.2) is 0 Å². The standard InChI is InChI=1S/C5H9NS2/c7-5-1-3-6(8)4-2-5/h8H,1-4H2. The molecule has 0 unspecified atom stereocenters. The Morgan fingerprint density at radius 1 is 1.38 bits per heavy atom. The van der Waals surface area contributed by atoms with E-state index < -0.39 is 0 Å². The first-order chi connectivity index (χ1) is 3.79. The Hall–Kier alpha value is 0.400. The summed E-state index contributed by atoms with van der Waals surface area (Å²) in [5.41, 5.74) is 0. The number of nitrogens with zero attached hydrogens (tertiary/aromatic N) is 1. The van der Waals surface area contributed by atoms with Crippen LogP contribution in [-0.4, -0.2) is 22.3 Å². The third kappa shape index (κ3) is 1.73. The maximum Gasteiger partial charge on any atom is 0.0133 e. The van der Waals surface area contributed by atoms with Crippen LogP contribution in [0.2, 0.25) is 0 Å². The lowest BCUT2D eigenvalue weighted by molar-refractivity contribution is 0.480. The van der Waals surface area contributed by atoms with E-state index in [9.17, 15) is 0 Å². The van der Waals surface area contributed by atoms with Crippen molar-refractivity contribution in [2.75, 3.05) is 13.1 Å². The van der Waals surface area contributed by atoms with Crippen LogP contribution in [0.4, 0.5) is 0 Å². The van der Waals surface area contributed by atoms with Gasteiger partial charge in [-0.2, -0.15) is 0 Å². The minimum atomic E-state index is 1.03. The van der Waals surface area contributed by atoms with Crippen LogP contribution in [0.15, 0.2) is 0 Å². The zero-order valence-corrected chi connectivity index (χ0v) is 6.34. The number of thiocarbonyl (C=S) groups is 1. The van der Waals surface area contributed by atoms with Crippen molar-refractivity contribution in [2.24, 2.45) is 0 Å². The molecule has 1 nitrogen and oxygen atoms in total. The normalized spacial score (nSPS) is 23.9. The van der Waals surface area contributed by atoms with Gasteiger partial charge in [-0.25, -0.2) is 0 Å². The molecule has 1 heterocycles. The second-order valence-electron chi connectivity index (χ2n) is 1.99. The number of thiol groups is 1. The molecule has 46 valence electrons. The Kier molecular flexibility index (Phi) is 2.28. The molecule has 1 fully saturated rings. The van der Waals surface area contributed by atoms with E-state index in [-0.39, 0.29) is 0 Å². The van der Waals surface area contributed by atoms with E-state index in [0.717, 1.165) is 25.9 Å². The summed E-state index contributed by atoms with van der Waals surface area (Å²) in [6.07, 6.45) is 2.11. The van der Waals surface area contributed by atoms with Crippen LogP contribution in [0.5, 0.6) is 0 Å². The van der Waals surface area contributed by atoms with Crippen molar-refractivity contribution in [3.05, 3.63) is 0 Å². The van der Waals surface area contributed by atoms with E-state index in [4.69, 9.17) is 12.2 Å². The van der Waals surface area contributed by atoms with Gasteiger partial charge in [0.05, 0.1) is 0 Å². The van der Waals surface area contributed by atoms with Crippen LogP contribution >= 0.6 is 25.0 Å². The Bertz CT molecular complexity index is 92.6. The van der Waals surface area contributed by atoms with Crippen molar-refractivity contribution >= 4 is 29.9 Å². The van der Waals surface area contributed by atoms with E-state index in [0.29, 0.717) is 0 Å². The van der Waals surface area contributed by atoms with Crippen molar-refractivity contribution in [3.8, 4) is 0 Å². The fourth-order valence-corrected chi connectivity index (χ4v) is 1.13. The minimum Gasteiger partial charge on any atom is -0.253 e. The molecule has 0 amide bonds. The Labute approximate surface area is 60.6 Å². The average Bonchev–Trinajstić information content (AvgIpc) is 1.77. The maximum absolute atomic E-state index is 5.00. The number of hydrogen-bond donors (Lipinski definition) is 1. The molecule has 0 aromatic carbocycles. The highest BCUT2D eigenvalue weighted by Crippen LogP contribution is 2.07. The van der Waals surface area contributed by atoms with Gasteiger partial charge in [-0.05, 0) is 17.7 Å². The van der Waals surface area contributed by atoms with Crippen molar-refractivity contribution < 1.29 is 0 Å². The molecule has 1 saturated heterocycles. The lowest BCUT2D eigenvalue weighted by Gasteiger charge is -2.20. The van der Waals surface area contributed by atoms with Crippen molar-refractivity contribution in [3.63, 3.8) is 0 Å². The van der Waals surface area contributed by atoms with Gasteiger partial charge in [0, 0.05) is 13.1 Å². The van der Waals surface area contributed by atoms with Crippen LogP contribution in [-0.2, 0) is 0 Å². The fraction of sp³-hybridized carbons (Fsp3) is 0.800. The van der Waals surface area contributed by atoms with Gasteiger partial charge in [0.25, 0.3) is 0 Å². The van der Waals surface area contributed by atoms with E-state index in [1.165, 1.54) is 4.86 Å². The van der Waals surface area contributed by atoms with E-state index in [1.54, 1.807) is 0 Å². The van der Waals surface area contributed by atoms with Crippen LogP contribution in [0.1, 0.15) is 12.8 Å². The van der Waals surface area contributed by atoms with E-state index >= 15 is 0 Å². The summed E-state index contributed by atoms with van der Waals surface area (Å²) in [5.74, 6) is 0. The molecule has 3 heteroatoms. The molecule has 8 heavy (non-hydrogen) atoms. The molecule has 0 aromatic heterocycles. The fourth-order valence-electron chi connectivity index (χ4n) is 0.744. The SMILES string of the molecule is S=C1CCN(S)CC1. The highest BCUT2D eigenvalue weighted by atomic mass is 32.1. The molecule has 0 saturated carbocycles. The number of rotatable bonds is 0. The predicted molar refractivity (Wildman–Crippen MR) is 42.4 cm³/mol. The molecular formula is C5H9NS2. The third-order valence-electron chi connectivity index (χ3n) is 1.30. The topological polar surface area (TPSA) is 3.24 Å². The molecule has 0 aliphatic carbocycles. The molecule has 1 aliphatic heterocycles. The van der Waals surface area contributed by atoms with E-state index in [1.807, 2.05) is 4.31 Å². The van der Waals surface area contributed by atoms with Crippen molar-refractivity contribution in [2.45, 2.75) is 12.8 Å². The van der Waals surface area contributed by atoms with E-state index in [2.05, 4.69) is 12.8 Å². The van der Waals surface area contributed by atoms with Crippen LogP contribution in [0.25, 0.3) is 0 Å². The van der Waals surface area contributed by atoms with Crippen molar-refractivity contribution in [1.82, 2.24) is 4.31 Å². The van der Waals surface area contributed by atoms with Crippen LogP contribution in [0, 0.1) is 0 Å². The summed E-state index contributed by atoms with van der Waals surface area (Å²) in [6.45, 7) is 2.06. The first kappa shape index (κ1) is 6.52. The molecule has 0 bridgehead atoms. The molecule has 1 rings (SSSR count). The van der Waals surface area contributed by atoms with Gasteiger partial charge < -0.3 is 0 Å². The smallest absolute Gasteiger partial charge is 0.0133 e. The summed E-state index contributed by atoms with van der Waals surface area (Å²) in [4.78, 5) is 1.20. The van der Waals surface area contributed by atoms with Gasteiger partial charge in [-0.1, -0.05) is 25.0 Å². The summed E-state index contributed by atoms with van der Waals surface area (Å²) in [5, 5.41) is 0. The highest BCUT2D eigenvalue weighted by Gasteiger charge is 2.08. The lowest BCUT2D eigenvalue weighted by atomic mass is 10.2. The van der Waals surface area contributed by atoms with Gasteiger partial charge in [0.2, 0.25) is 0 Å². The van der Waals surface area contributed by atoms with Gasteiger partial charge in [0.1, 0.15) is 0 Å². The molecular weight excluding hydrogens is 138 g/mol. The zero-order valence-electron chi connectivity index (χ0n) is 4.63. The van der Waals surface area contributed by atoms with Crippen LogP contribution in [0.3, 0.4) is 0 Å². The third-order valence-corrected chi connectivity index (χ3v) is 2.11. The molecule has 0 aromatic rings. The summed E-state index contributed by atoms with van der Waals surface area (Å²) in [7, 11) is 0. The molecule has 0 radical (unpaired) electrons. The second kappa shape index (κ2) is 2.80. The average molecular weight is 147 g/mol. The Morgan fingerprint density at radius 3 is 2.25 bits per heavy atom. The summed E-state index contributed by atoms with van der Waals surface area (Å²) in [6, 6.07) is 0. The Balaban J connectivity index is 2.29. The number of piperidine rings is 1. The lowest BCUT2D eigenvalue weighted by Crippen LogP contribution is -2.25. The maximum atomic E-state index is 5.00. The quantitative estimate of drug-likeness (QED) is 0.406. The first-order valence-corrected chi connectivity index (χ1v) is 3.55. The van der Waals surface area contributed by atoms with Gasteiger partial charge >= 0.3 is 0 Å². The monoisotopic (exact) mass is 147 g/mol. The Morgan fingerprint density at radius 2 is 1.88 bits per heavy atom. The summed E-state index contributed by atoms with van der Waals surface area (Å²) < 4.78 is 2.01. The largest absolute Gasteiger partial charge is 0.253 e. The molecule has 0 spiro atoms. The summed E-state index contributed by atoms with van der Waals surface area (Å²) >= 11 is 9.17. The first-order valence-electron chi connectivity index (χ1n) is 2.74. The highest BCUT2D eigenvalue weighted by molar-refractivity contribution is 7.80. The minimum absolute atomic E-state index is 1.03. The molecule has 0 N–H and O–H groups in total. The zero-order chi connectivity index (χ0) is 5.98. The predicted octanol–water partition coefficient (Wildman–Crippen LogP) is 1.30. The van der Waals surface area contributed by atoms with Crippen molar-refractivity contribution in [1.29, 1.82) is 0 Å².